The minimum Gasteiger partial charge on any atom is -0.497 e. The first-order valence-corrected chi connectivity index (χ1v) is 11.4. The summed E-state index contributed by atoms with van der Waals surface area (Å²) in [5.41, 5.74) is 4.28. The van der Waals surface area contributed by atoms with Crippen LogP contribution < -0.4 is 14.8 Å². The third kappa shape index (κ3) is 5.71. The summed E-state index contributed by atoms with van der Waals surface area (Å²) in [6.07, 6.45) is 3.57. The predicted octanol–water partition coefficient (Wildman–Crippen LogP) is 5.01. The standard InChI is InChI=1S/C26H30N6O2/c1-4-32(5-2)15-16-34-21-11-9-20(10-12-21)29-26-27-14-13-24(30-26)23-18-28-31-25(23)19-7-6-8-22(17-19)33-3/h6-14,17-18H,4-5,15-16H2,1-3H3,(H,28,31)(H,27,29,30). The summed E-state index contributed by atoms with van der Waals surface area (Å²) in [6.45, 7) is 7.96. The molecule has 8 nitrogen and oxygen atoms in total. The van der Waals surface area contributed by atoms with Crippen LogP contribution in [0, 0.1) is 0 Å². The highest BCUT2D eigenvalue weighted by atomic mass is 16.5. The molecule has 0 unspecified atom stereocenters. The molecule has 8 heteroatoms. The molecule has 0 saturated heterocycles. The lowest BCUT2D eigenvalue weighted by Gasteiger charge is -2.18. The van der Waals surface area contributed by atoms with Crippen molar-refractivity contribution in [1.82, 2.24) is 25.1 Å². The number of aromatic amines is 1. The highest BCUT2D eigenvalue weighted by Crippen LogP contribution is 2.31. The number of nitrogens with one attached hydrogen (secondary N) is 2. The maximum absolute atomic E-state index is 5.87. The quantitative estimate of drug-likeness (QED) is 0.327. The van der Waals surface area contributed by atoms with Crippen LogP contribution >= 0.6 is 0 Å². The first-order valence-electron chi connectivity index (χ1n) is 11.4. The van der Waals surface area contributed by atoms with Crippen molar-refractivity contribution in [3.05, 3.63) is 67.0 Å². The number of likely N-dealkylation sites (N-methyl/N-ethyl adjacent to an activating group) is 1. The lowest BCUT2D eigenvalue weighted by molar-refractivity contribution is 0.223. The summed E-state index contributed by atoms with van der Waals surface area (Å²) in [6, 6.07) is 17.5. The SMILES string of the molecule is CCN(CC)CCOc1ccc(Nc2nccc(-c3c[nH]nc3-c3cccc(OC)c3)n2)cc1. The second-order valence-electron chi connectivity index (χ2n) is 7.67. The fraction of sp³-hybridized carbons (Fsp3) is 0.269. The number of ether oxygens (including phenoxy) is 2. The Hall–Kier alpha value is -3.91. The topological polar surface area (TPSA) is 88.2 Å². The second kappa shape index (κ2) is 11.3. The highest BCUT2D eigenvalue weighted by Gasteiger charge is 2.13. The van der Waals surface area contributed by atoms with Gasteiger partial charge in [0.2, 0.25) is 5.95 Å². The van der Waals surface area contributed by atoms with Crippen molar-refractivity contribution in [3.8, 4) is 34.0 Å². The van der Waals surface area contributed by atoms with Gasteiger partial charge in [-0.2, -0.15) is 5.10 Å². The van der Waals surface area contributed by atoms with E-state index in [1.165, 1.54) is 0 Å². The van der Waals surface area contributed by atoms with E-state index in [-0.39, 0.29) is 0 Å². The maximum atomic E-state index is 5.87. The molecule has 2 heterocycles. The minimum atomic E-state index is 0.505. The van der Waals surface area contributed by atoms with Crippen LogP contribution in [0.4, 0.5) is 11.6 Å². The lowest BCUT2D eigenvalue weighted by atomic mass is 10.1. The summed E-state index contributed by atoms with van der Waals surface area (Å²) < 4.78 is 11.2. The third-order valence-corrected chi connectivity index (χ3v) is 5.60. The van der Waals surface area contributed by atoms with Gasteiger partial charge in [0.15, 0.2) is 0 Å². The normalized spacial score (nSPS) is 10.9. The van der Waals surface area contributed by atoms with Gasteiger partial charge in [0.05, 0.1) is 12.8 Å². The molecule has 0 aliphatic rings. The zero-order chi connectivity index (χ0) is 23.8. The minimum absolute atomic E-state index is 0.505. The Bertz CT molecular complexity index is 1190. The third-order valence-electron chi connectivity index (χ3n) is 5.60. The second-order valence-corrected chi connectivity index (χ2v) is 7.67. The van der Waals surface area contributed by atoms with Crippen molar-refractivity contribution in [2.24, 2.45) is 0 Å². The number of nitrogens with zero attached hydrogens (tertiary/aromatic N) is 4. The Balaban J connectivity index is 1.44. The number of benzene rings is 2. The maximum Gasteiger partial charge on any atom is 0.227 e. The van der Waals surface area contributed by atoms with Crippen molar-refractivity contribution < 1.29 is 9.47 Å². The van der Waals surface area contributed by atoms with Gasteiger partial charge in [0.1, 0.15) is 23.8 Å². The van der Waals surface area contributed by atoms with Crippen LogP contribution in [0.2, 0.25) is 0 Å². The molecule has 2 aromatic carbocycles. The van der Waals surface area contributed by atoms with E-state index in [1.807, 2.05) is 60.8 Å². The zero-order valence-electron chi connectivity index (χ0n) is 19.8. The molecule has 0 atom stereocenters. The van der Waals surface area contributed by atoms with Crippen LogP contribution in [-0.4, -0.2) is 58.4 Å². The van der Waals surface area contributed by atoms with Gasteiger partial charge in [-0.15, -0.1) is 0 Å². The van der Waals surface area contributed by atoms with E-state index < -0.39 is 0 Å². The molecule has 0 aliphatic heterocycles. The van der Waals surface area contributed by atoms with Gasteiger partial charge in [0, 0.05) is 35.8 Å². The average molecular weight is 459 g/mol. The Morgan fingerprint density at radius 3 is 2.59 bits per heavy atom. The largest absolute Gasteiger partial charge is 0.497 e. The van der Waals surface area contributed by atoms with Gasteiger partial charge in [-0.25, -0.2) is 9.97 Å². The molecule has 34 heavy (non-hydrogen) atoms. The highest BCUT2D eigenvalue weighted by molar-refractivity contribution is 5.79. The number of aromatic nitrogens is 4. The van der Waals surface area contributed by atoms with Crippen molar-refractivity contribution in [2.45, 2.75) is 13.8 Å². The molecule has 4 aromatic rings. The van der Waals surface area contributed by atoms with E-state index in [0.29, 0.717) is 12.6 Å². The molecule has 176 valence electrons. The van der Waals surface area contributed by atoms with Crippen LogP contribution in [0.5, 0.6) is 11.5 Å². The average Bonchev–Trinajstić information content (AvgIpc) is 3.38. The molecule has 0 aliphatic carbocycles. The first kappa shape index (κ1) is 23.3. The van der Waals surface area contributed by atoms with Gasteiger partial charge in [-0.3, -0.25) is 5.10 Å². The number of hydrogen-bond donors (Lipinski definition) is 2. The van der Waals surface area contributed by atoms with E-state index >= 15 is 0 Å². The predicted molar refractivity (Wildman–Crippen MR) is 135 cm³/mol. The summed E-state index contributed by atoms with van der Waals surface area (Å²) in [5, 5.41) is 10.6. The summed E-state index contributed by atoms with van der Waals surface area (Å²) >= 11 is 0. The lowest BCUT2D eigenvalue weighted by Crippen LogP contribution is -2.27. The number of rotatable bonds is 11. The van der Waals surface area contributed by atoms with Gasteiger partial charge in [0.25, 0.3) is 0 Å². The van der Waals surface area contributed by atoms with Crippen molar-refractivity contribution in [2.75, 3.05) is 38.7 Å². The monoisotopic (exact) mass is 458 g/mol. The fourth-order valence-corrected chi connectivity index (χ4v) is 3.64. The molecule has 2 N–H and O–H groups in total. The van der Waals surface area contributed by atoms with Crippen LogP contribution in [0.15, 0.2) is 67.0 Å². The summed E-state index contributed by atoms with van der Waals surface area (Å²) in [7, 11) is 1.65. The van der Waals surface area contributed by atoms with Crippen molar-refractivity contribution >= 4 is 11.6 Å². The molecule has 0 amide bonds. The number of H-pyrrole nitrogens is 1. The van der Waals surface area contributed by atoms with Gasteiger partial charge in [-0.05, 0) is 55.6 Å². The fourth-order valence-electron chi connectivity index (χ4n) is 3.64. The van der Waals surface area contributed by atoms with E-state index in [0.717, 1.165) is 59.3 Å². The van der Waals surface area contributed by atoms with E-state index in [9.17, 15) is 0 Å². The van der Waals surface area contributed by atoms with Crippen LogP contribution in [0.3, 0.4) is 0 Å². The Morgan fingerprint density at radius 1 is 1.00 bits per heavy atom. The van der Waals surface area contributed by atoms with Gasteiger partial charge in [-0.1, -0.05) is 26.0 Å². The molecule has 0 bridgehead atoms. The first-order chi connectivity index (χ1) is 16.7. The van der Waals surface area contributed by atoms with Crippen LogP contribution in [-0.2, 0) is 0 Å². The number of anilines is 2. The van der Waals surface area contributed by atoms with Crippen LogP contribution in [0.1, 0.15) is 13.8 Å². The van der Waals surface area contributed by atoms with Crippen molar-refractivity contribution in [3.63, 3.8) is 0 Å². The van der Waals surface area contributed by atoms with Gasteiger partial charge >= 0.3 is 0 Å². The summed E-state index contributed by atoms with van der Waals surface area (Å²) in [5.74, 6) is 2.12. The molecular weight excluding hydrogens is 428 g/mol. The molecule has 0 saturated carbocycles. The Kier molecular flexibility index (Phi) is 7.72. The van der Waals surface area contributed by atoms with Crippen molar-refractivity contribution in [1.29, 1.82) is 0 Å². The molecular formula is C26H30N6O2. The molecule has 4 rings (SSSR count). The van der Waals surface area contributed by atoms with Crippen LogP contribution in [0.25, 0.3) is 22.5 Å². The van der Waals surface area contributed by atoms with E-state index in [2.05, 4.69) is 39.2 Å². The molecule has 2 aromatic heterocycles. The molecule has 0 fully saturated rings. The number of hydrogen-bond acceptors (Lipinski definition) is 7. The summed E-state index contributed by atoms with van der Waals surface area (Å²) in [4.78, 5) is 11.4. The Morgan fingerprint density at radius 2 is 1.82 bits per heavy atom. The van der Waals surface area contributed by atoms with Gasteiger partial charge < -0.3 is 19.7 Å². The molecule has 0 spiro atoms. The van der Waals surface area contributed by atoms with E-state index in [4.69, 9.17) is 14.5 Å². The Labute approximate surface area is 200 Å². The molecule has 0 radical (unpaired) electrons. The zero-order valence-corrected chi connectivity index (χ0v) is 19.8. The smallest absolute Gasteiger partial charge is 0.227 e. The number of methoxy groups -OCH3 is 1. The van der Waals surface area contributed by atoms with E-state index in [1.54, 1.807) is 13.3 Å².